The van der Waals surface area contributed by atoms with Crippen molar-refractivity contribution in [3.8, 4) is 0 Å². The molecule has 1 saturated heterocycles. The van der Waals surface area contributed by atoms with Gasteiger partial charge in [0.05, 0.1) is 22.7 Å². The average molecular weight is 415 g/mol. The zero-order chi connectivity index (χ0) is 17.3. The molecule has 0 unspecified atom stereocenters. The summed E-state index contributed by atoms with van der Waals surface area (Å²) in [5, 5.41) is 0.359. The van der Waals surface area contributed by atoms with Gasteiger partial charge in [-0.3, -0.25) is 9.69 Å². The van der Waals surface area contributed by atoms with Gasteiger partial charge < -0.3 is 0 Å². The zero-order valence-corrected chi connectivity index (χ0v) is 14.5. The lowest BCUT2D eigenvalue weighted by atomic mass is 10.2. The van der Waals surface area contributed by atoms with Crippen LogP contribution in [-0.2, 0) is 11.0 Å². The summed E-state index contributed by atoms with van der Waals surface area (Å²) in [6.45, 7) is 0. The van der Waals surface area contributed by atoms with E-state index in [1.807, 2.05) is 6.07 Å². The van der Waals surface area contributed by atoms with Gasteiger partial charge in [-0.2, -0.15) is 13.2 Å². The maximum absolute atomic E-state index is 12.8. The van der Waals surface area contributed by atoms with Crippen LogP contribution in [0.4, 0.5) is 24.5 Å². The summed E-state index contributed by atoms with van der Waals surface area (Å²) in [6, 6.07) is 11.8. The van der Waals surface area contributed by atoms with Gasteiger partial charge in [0.2, 0.25) is 5.91 Å². The number of amidine groups is 1. The Hall–Kier alpha value is -1.80. The van der Waals surface area contributed by atoms with Crippen LogP contribution in [0.25, 0.3) is 0 Å². The normalized spacial score (nSPS) is 16.9. The molecule has 1 fully saturated rings. The zero-order valence-electron chi connectivity index (χ0n) is 12.0. The van der Waals surface area contributed by atoms with E-state index in [0.717, 1.165) is 16.6 Å². The van der Waals surface area contributed by atoms with E-state index in [-0.39, 0.29) is 17.3 Å². The molecule has 3 nitrogen and oxygen atoms in total. The fourth-order valence-electron chi connectivity index (χ4n) is 2.18. The van der Waals surface area contributed by atoms with Crippen LogP contribution in [0.2, 0.25) is 0 Å². The molecule has 3 rings (SSSR count). The fourth-order valence-corrected chi connectivity index (χ4v) is 3.45. The Morgan fingerprint density at radius 2 is 1.88 bits per heavy atom. The summed E-state index contributed by atoms with van der Waals surface area (Å²) in [7, 11) is 0. The van der Waals surface area contributed by atoms with Crippen molar-refractivity contribution < 1.29 is 18.0 Å². The molecule has 1 heterocycles. The summed E-state index contributed by atoms with van der Waals surface area (Å²) in [4.78, 5) is 17.8. The van der Waals surface area contributed by atoms with Crippen LogP contribution < -0.4 is 4.90 Å². The van der Waals surface area contributed by atoms with Crippen molar-refractivity contribution in [2.45, 2.75) is 6.18 Å². The standard InChI is InChI=1S/C16H10BrF3N2OS/c17-11-4-2-6-13(8-11)22-14(23)9-24-15(22)21-12-5-1-3-10(7-12)16(18,19)20/h1-8H,9H2. The number of carbonyl (C=O) groups excluding carboxylic acids is 1. The first-order chi connectivity index (χ1) is 11.3. The molecular formula is C16H10BrF3N2OS. The van der Waals surface area contributed by atoms with E-state index in [9.17, 15) is 18.0 Å². The molecule has 0 spiro atoms. The number of anilines is 1. The average Bonchev–Trinajstić information content (AvgIpc) is 2.87. The van der Waals surface area contributed by atoms with E-state index < -0.39 is 11.7 Å². The monoisotopic (exact) mass is 414 g/mol. The molecule has 8 heteroatoms. The summed E-state index contributed by atoms with van der Waals surface area (Å²) in [5.41, 5.74) is -0.000184. The SMILES string of the molecule is O=C1CSC(=Nc2cccc(C(F)(F)F)c2)N1c1cccc(Br)c1. The molecule has 2 aromatic rings. The summed E-state index contributed by atoms with van der Waals surface area (Å²) < 4.78 is 39.2. The number of benzene rings is 2. The van der Waals surface area contributed by atoms with Crippen molar-refractivity contribution in [3.05, 3.63) is 58.6 Å². The molecule has 124 valence electrons. The van der Waals surface area contributed by atoms with Crippen LogP contribution in [0.1, 0.15) is 5.56 Å². The molecule has 1 amide bonds. The second kappa shape index (κ2) is 6.60. The third kappa shape index (κ3) is 3.64. The molecule has 0 aromatic heterocycles. The van der Waals surface area contributed by atoms with Gasteiger partial charge in [-0.25, -0.2) is 4.99 Å². The number of hydrogen-bond acceptors (Lipinski definition) is 3. The first-order valence-corrected chi connectivity index (χ1v) is 8.60. The maximum Gasteiger partial charge on any atom is 0.416 e. The van der Waals surface area contributed by atoms with Crippen LogP contribution in [0, 0.1) is 0 Å². The van der Waals surface area contributed by atoms with Gasteiger partial charge >= 0.3 is 6.18 Å². The number of rotatable bonds is 2. The van der Waals surface area contributed by atoms with Crippen LogP contribution in [0.3, 0.4) is 0 Å². The highest BCUT2D eigenvalue weighted by molar-refractivity contribution is 9.10. The number of hydrogen-bond donors (Lipinski definition) is 0. The second-order valence-electron chi connectivity index (χ2n) is 4.94. The number of carbonyl (C=O) groups is 1. The number of aliphatic imine (C=N–C) groups is 1. The lowest BCUT2D eigenvalue weighted by Crippen LogP contribution is -2.29. The second-order valence-corrected chi connectivity index (χ2v) is 6.80. The number of nitrogens with zero attached hydrogens (tertiary/aromatic N) is 2. The number of amides is 1. The van der Waals surface area contributed by atoms with E-state index in [2.05, 4.69) is 20.9 Å². The van der Waals surface area contributed by atoms with Crippen molar-refractivity contribution in [1.82, 2.24) is 0 Å². The summed E-state index contributed by atoms with van der Waals surface area (Å²) >= 11 is 4.53. The molecule has 24 heavy (non-hydrogen) atoms. The van der Waals surface area contributed by atoms with Gasteiger partial charge in [0.1, 0.15) is 0 Å². The van der Waals surface area contributed by atoms with Crippen LogP contribution in [0.15, 0.2) is 58.0 Å². The van der Waals surface area contributed by atoms with Crippen molar-refractivity contribution in [1.29, 1.82) is 0 Å². The Morgan fingerprint density at radius 3 is 2.58 bits per heavy atom. The van der Waals surface area contributed by atoms with E-state index in [1.54, 1.807) is 18.2 Å². The molecule has 2 aromatic carbocycles. The van der Waals surface area contributed by atoms with Gasteiger partial charge in [0.25, 0.3) is 0 Å². The molecule has 0 radical (unpaired) electrons. The van der Waals surface area contributed by atoms with Gasteiger partial charge in [-0.1, -0.05) is 39.8 Å². The highest BCUT2D eigenvalue weighted by Gasteiger charge is 2.32. The quantitative estimate of drug-likeness (QED) is 0.673. The Morgan fingerprint density at radius 1 is 1.12 bits per heavy atom. The van der Waals surface area contributed by atoms with Crippen molar-refractivity contribution in [2.24, 2.45) is 4.99 Å². The Bertz CT molecular complexity index is 823. The lowest BCUT2D eigenvalue weighted by molar-refractivity contribution is -0.137. The van der Waals surface area contributed by atoms with Gasteiger partial charge in [0.15, 0.2) is 5.17 Å². The van der Waals surface area contributed by atoms with Crippen LogP contribution in [0.5, 0.6) is 0 Å². The Labute approximate surface area is 148 Å². The topological polar surface area (TPSA) is 32.7 Å². The molecule has 0 bridgehead atoms. The molecule has 0 N–H and O–H groups in total. The molecule has 0 aliphatic carbocycles. The predicted molar refractivity (Wildman–Crippen MR) is 92.6 cm³/mol. The largest absolute Gasteiger partial charge is 0.416 e. The minimum atomic E-state index is -4.43. The van der Waals surface area contributed by atoms with Gasteiger partial charge in [-0.05, 0) is 36.4 Å². The van der Waals surface area contributed by atoms with Crippen LogP contribution in [-0.4, -0.2) is 16.8 Å². The van der Waals surface area contributed by atoms with Gasteiger partial charge in [0, 0.05) is 4.47 Å². The van der Waals surface area contributed by atoms with E-state index >= 15 is 0 Å². The Kier molecular flexibility index (Phi) is 4.69. The first kappa shape index (κ1) is 17.0. The summed E-state index contributed by atoms with van der Waals surface area (Å²) in [6.07, 6.45) is -4.43. The third-order valence-corrected chi connectivity index (χ3v) is 4.65. The minimum Gasteiger partial charge on any atom is -0.273 e. The fraction of sp³-hybridized carbons (Fsp3) is 0.125. The maximum atomic E-state index is 12.8. The molecule has 0 atom stereocenters. The number of halogens is 4. The van der Waals surface area contributed by atoms with E-state index in [0.29, 0.717) is 10.9 Å². The van der Waals surface area contributed by atoms with Gasteiger partial charge in [-0.15, -0.1) is 0 Å². The summed E-state index contributed by atoms with van der Waals surface area (Å²) in [5.74, 6) is 0.0356. The molecule has 1 aliphatic rings. The molecule has 0 saturated carbocycles. The highest BCUT2D eigenvalue weighted by Crippen LogP contribution is 2.34. The lowest BCUT2D eigenvalue weighted by Gasteiger charge is -2.16. The highest BCUT2D eigenvalue weighted by atomic mass is 79.9. The predicted octanol–water partition coefficient (Wildman–Crippen LogP) is 5.24. The molecule has 1 aliphatic heterocycles. The van der Waals surface area contributed by atoms with E-state index in [1.165, 1.54) is 28.8 Å². The first-order valence-electron chi connectivity index (χ1n) is 6.82. The minimum absolute atomic E-state index is 0.155. The number of alkyl halides is 3. The van der Waals surface area contributed by atoms with Crippen molar-refractivity contribution in [2.75, 3.05) is 10.7 Å². The molecular weight excluding hydrogens is 405 g/mol. The van der Waals surface area contributed by atoms with E-state index in [4.69, 9.17) is 0 Å². The van der Waals surface area contributed by atoms with Crippen molar-refractivity contribution >= 4 is 50.1 Å². The Balaban J connectivity index is 1.98. The number of thioether (sulfide) groups is 1. The smallest absolute Gasteiger partial charge is 0.273 e. The van der Waals surface area contributed by atoms with Crippen LogP contribution >= 0.6 is 27.7 Å². The van der Waals surface area contributed by atoms with Crippen molar-refractivity contribution in [3.63, 3.8) is 0 Å². The third-order valence-electron chi connectivity index (χ3n) is 3.23.